The van der Waals surface area contributed by atoms with Crippen molar-refractivity contribution in [3.05, 3.63) is 166 Å². The van der Waals surface area contributed by atoms with Gasteiger partial charge >= 0.3 is 11.7 Å². The number of nitro groups is 1. The molecule has 0 spiro atoms. The normalized spacial score (nSPS) is 13.0. The minimum atomic E-state index is -1.10. The van der Waals surface area contributed by atoms with Gasteiger partial charge in [-0.25, -0.2) is 4.79 Å². The van der Waals surface area contributed by atoms with E-state index in [0.29, 0.717) is 33.3 Å². The summed E-state index contributed by atoms with van der Waals surface area (Å²) < 4.78 is 17.0. The van der Waals surface area contributed by atoms with Gasteiger partial charge in [0.25, 0.3) is 0 Å². The van der Waals surface area contributed by atoms with Gasteiger partial charge in [0.15, 0.2) is 0 Å². The fraction of sp³-hybridized carbons (Fsp3) is 0.0513. The van der Waals surface area contributed by atoms with Crippen molar-refractivity contribution in [1.29, 1.82) is 0 Å². The Labute approximate surface area is 280 Å². The van der Waals surface area contributed by atoms with Crippen LogP contribution in [0.3, 0.4) is 0 Å². The molecule has 0 saturated heterocycles. The highest BCUT2D eigenvalue weighted by Crippen LogP contribution is 2.38. The SMILES string of the molecule is C1=CC2=CC=C1C2.O=C(O)c1ccccc1Oc1ccnc2c1ccc1c(Oc3ccccc3[N+](=O)[O-])ccnc12.c1cc2cc(c1)OC2. The van der Waals surface area contributed by atoms with Crippen LogP contribution in [0, 0.1) is 10.1 Å². The van der Waals surface area contributed by atoms with Crippen molar-refractivity contribution in [1.82, 2.24) is 9.97 Å². The molecule has 0 radical (unpaired) electrons. The molecule has 3 aliphatic rings. The first-order valence-corrected chi connectivity index (χ1v) is 15.3. The molecule has 2 aromatic heterocycles. The number of allylic oxidation sites excluding steroid dienone is 6. The maximum Gasteiger partial charge on any atom is 0.339 e. The molecule has 9 rings (SSSR count). The van der Waals surface area contributed by atoms with Gasteiger partial charge in [-0.3, -0.25) is 20.1 Å². The monoisotopic (exact) mass is 649 g/mol. The second-order valence-corrected chi connectivity index (χ2v) is 11.1. The minimum Gasteiger partial charge on any atom is -0.489 e. The van der Waals surface area contributed by atoms with Gasteiger partial charge in [-0.05, 0) is 77.7 Å². The van der Waals surface area contributed by atoms with Crippen molar-refractivity contribution in [2.75, 3.05) is 0 Å². The zero-order chi connectivity index (χ0) is 33.7. The van der Waals surface area contributed by atoms with Crippen LogP contribution in [-0.4, -0.2) is 26.0 Å². The molecule has 0 saturated carbocycles. The Morgan fingerprint density at radius 3 is 1.90 bits per heavy atom. The third-order valence-corrected chi connectivity index (χ3v) is 7.90. The van der Waals surface area contributed by atoms with Gasteiger partial charge in [0.1, 0.15) is 46.2 Å². The predicted octanol–water partition coefficient (Wildman–Crippen LogP) is 9.37. The Morgan fingerprint density at radius 1 is 0.735 bits per heavy atom. The molecule has 0 fully saturated rings. The summed E-state index contributed by atoms with van der Waals surface area (Å²) in [5, 5.41) is 22.0. The van der Waals surface area contributed by atoms with Crippen LogP contribution in [0.5, 0.6) is 28.7 Å². The lowest BCUT2D eigenvalue weighted by molar-refractivity contribution is -0.385. The Kier molecular flexibility index (Phi) is 8.49. The van der Waals surface area contributed by atoms with Crippen LogP contribution in [0.25, 0.3) is 21.8 Å². The van der Waals surface area contributed by atoms with Gasteiger partial charge in [0.2, 0.25) is 5.75 Å². The molecule has 1 aliphatic heterocycles. The van der Waals surface area contributed by atoms with Crippen LogP contribution in [0.15, 0.2) is 145 Å². The number of rotatable bonds is 6. The molecule has 6 aromatic rings. The van der Waals surface area contributed by atoms with Gasteiger partial charge in [-0.1, -0.05) is 60.7 Å². The molecule has 10 nitrogen and oxygen atoms in total. The summed E-state index contributed by atoms with van der Waals surface area (Å²) in [5.41, 5.74) is 5.11. The van der Waals surface area contributed by atoms with Crippen molar-refractivity contribution < 1.29 is 29.0 Å². The summed E-state index contributed by atoms with van der Waals surface area (Å²) in [7, 11) is 0. The first kappa shape index (κ1) is 30.8. The first-order chi connectivity index (χ1) is 23.9. The third-order valence-electron chi connectivity index (χ3n) is 7.90. The average molecular weight is 650 g/mol. The second kappa shape index (κ2) is 13.5. The number of carboxylic acid groups (broad SMARTS) is 1. The van der Waals surface area contributed by atoms with Crippen LogP contribution in [0.2, 0.25) is 0 Å². The molecule has 3 heterocycles. The van der Waals surface area contributed by atoms with E-state index in [-0.39, 0.29) is 22.7 Å². The summed E-state index contributed by atoms with van der Waals surface area (Å²) in [6, 6.07) is 27.3. The molecule has 4 aromatic carbocycles. The number of pyridine rings is 2. The number of para-hydroxylation sites is 3. The molecule has 4 bridgehead atoms. The number of aromatic carboxylic acids is 1. The van der Waals surface area contributed by atoms with E-state index in [0.717, 1.165) is 12.4 Å². The zero-order valence-electron chi connectivity index (χ0n) is 25.9. The van der Waals surface area contributed by atoms with Crippen molar-refractivity contribution in [2.24, 2.45) is 0 Å². The van der Waals surface area contributed by atoms with E-state index >= 15 is 0 Å². The van der Waals surface area contributed by atoms with E-state index in [2.05, 4.69) is 46.4 Å². The van der Waals surface area contributed by atoms with Gasteiger partial charge in [0.05, 0.1) is 4.92 Å². The number of ether oxygens (including phenoxy) is 3. The van der Waals surface area contributed by atoms with Crippen molar-refractivity contribution >= 4 is 33.5 Å². The standard InChI is InChI=1S/C25H15N3O6.C7H6O.C7H6/c29-25(30)17-5-1-3-7-19(17)33-20-11-13-26-23-15(20)9-10-16-21(12-14-27-24(16)23)34-22-8-4-2-6-18(22)28(31)32;1-2-6-4-7(3-1)8-5-6;1-2-7-4-3-6(1)5-7/h1-14H,(H,29,30);1-4H,5H2;1-4H,5H2. The van der Waals surface area contributed by atoms with Crippen LogP contribution in [0.1, 0.15) is 22.3 Å². The molecule has 49 heavy (non-hydrogen) atoms. The van der Waals surface area contributed by atoms with E-state index in [9.17, 15) is 20.0 Å². The number of aromatic nitrogens is 2. The summed E-state index contributed by atoms with van der Waals surface area (Å²) in [6.07, 6.45) is 13.0. The van der Waals surface area contributed by atoms with Gasteiger partial charge in [-0.15, -0.1) is 0 Å². The number of nitrogens with zero attached hydrogens (tertiary/aromatic N) is 3. The second-order valence-electron chi connectivity index (χ2n) is 11.1. The van der Waals surface area contributed by atoms with Crippen LogP contribution >= 0.6 is 0 Å². The van der Waals surface area contributed by atoms with Gasteiger partial charge in [0, 0.05) is 29.2 Å². The summed E-state index contributed by atoms with van der Waals surface area (Å²) in [4.78, 5) is 31.3. The van der Waals surface area contributed by atoms with Crippen LogP contribution in [0.4, 0.5) is 5.69 Å². The quantitative estimate of drug-likeness (QED) is 0.106. The Bertz CT molecular complexity index is 2190. The maximum atomic E-state index is 11.5. The minimum absolute atomic E-state index is 0.0338. The average Bonchev–Trinajstić information content (AvgIpc) is 3.87. The summed E-state index contributed by atoms with van der Waals surface area (Å²) in [5.74, 6) is 0.998. The molecule has 240 valence electrons. The number of hydrogen-bond donors (Lipinski definition) is 1. The topological polar surface area (TPSA) is 134 Å². The number of carboxylic acids is 1. The molecule has 2 aliphatic carbocycles. The number of hydrogen-bond acceptors (Lipinski definition) is 8. The van der Waals surface area contributed by atoms with E-state index in [1.165, 1.54) is 53.7 Å². The van der Waals surface area contributed by atoms with Crippen molar-refractivity contribution in [3.8, 4) is 28.7 Å². The van der Waals surface area contributed by atoms with E-state index in [4.69, 9.17) is 14.2 Å². The summed E-state index contributed by atoms with van der Waals surface area (Å²) >= 11 is 0. The van der Waals surface area contributed by atoms with Crippen LogP contribution in [-0.2, 0) is 6.61 Å². The molecule has 1 N–H and O–H groups in total. The zero-order valence-corrected chi connectivity index (χ0v) is 25.9. The molecule has 0 unspecified atom stereocenters. The van der Waals surface area contributed by atoms with E-state index in [1.807, 2.05) is 12.1 Å². The lowest BCUT2D eigenvalue weighted by atomic mass is 10.1. The number of fused-ring (bicyclic) bond motifs is 7. The summed E-state index contributed by atoms with van der Waals surface area (Å²) in [6.45, 7) is 0.766. The van der Waals surface area contributed by atoms with Crippen molar-refractivity contribution in [3.63, 3.8) is 0 Å². The largest absolute Gasteiger partial charge is 0.489 e. The Morgan fingerprint density at radius 2 is 1.35 bits per heavy atom. The van der Waals surface area contributed by atoms with E-state index < -0.39 is 10.9 Å². The highest BCUT2D eigenvalue weighted by molar-refractivity contribution is 6.07. The molecule has 0 atom stereocenters. The first-order valence-electron chi connectivity index (χ1n) is 15.3. The van der Waals surface area contributed by atoms with Crippen molar-refractivity contribution in [2.45, 2.75) is 13.0 Å². The molecular formula is C39H27N3O7. The van der Waals surface area contributed by atoms with E-state index in [1.54, 1.807) is 54.6 Å². The van der Waals surface area contributed by atoms with Crippen LogP contribution < -0.4 is 14.2 Å². The fourth-order valence-electron chi connectivity index (χ4n) is 5.52. The molecular weight excluding hydrogens is 622 g/mol. The highest BCUT2D eigenvalue weighted by Gasteiger charge is 2.18. The van der Waals surface area contributed by atoms with Gasteiger partial charge in [-0.2, -0.15) is 0 Å². The molecule has 0 amide bonds. The third kappa shape index (κ3) is 6.70. The smallest absolute Gasteiger partial charge is 0.339 e. The van der Waals surface area contributed by atoms with Gasteiger partial charge < -0.3 is 19.3 Å². The predicted molar refractivity (Wildman–Crippen MR) is 184 cm³/mol. The fourth-order valence-corrected chi connectivity index (χ4v) is 5.52. The lowest BCUT2D eigenvalue weighted by Gasteiger charge is -2.13. The Balaban J connectivity index is 0.000000202. The molecule has 10 heteroatoms. The highest BCUT2D eigenvalue weighted by atomic mass is 16.6. The lowest BCUT2D eigenvalue weighted by Crippen LogP contribution is -2.00. The number of benzene rings is 4. The number of nitro benzene ring substituents is 1. The number of carbonyl (C=O) groups is 1. The Hall–Kier alpha value is -6.81. The maximum absolute atomic E-state index is 11.5.